The first-order chi connectivity index (χ1) is 14.4. The first-order valence-corrected chi connectivity index (χ1v) is 11.0. The zero-order chi connectivity index (χ0) is 21.4. The van der Waals surface area contributed by atoms with Crippen molar-refractivity contribution in [1.82, 2.24) is 25.2 Å². The molecular weight excluding hydrogens is 382 g/mol. The lowest BCUT2D eigenvalue weighted by atomic mass is 9.81. The van der Waals surface area contributed by atoms with Crippen molar-refractivity contribution in [1.29, 1.82) is 0 Å². The number of nitrogens with one attached hydrogen (secondary N) is 1. The topological polar surface area (TPSA) is 93.3 Å². The molecule has 2 amide bonds. The molecule has 0 saturated carbocycles. The fraction of sp³-hybridized carbons (Fsp3) is 0.636. The average molecular weight is 414 g/mol. The Kier molecular flexibility index (Phi) is 5.66. The van der Waals surface area contributed by atoms with Crippen LogP contribution in [0.2, 0.25) is 0 Å². The molecular formula is C22H31N5O3. The van der Waals surface area contributed by atoms with Gasteiger partial charge in [0.1, 0.15) is 12.3 Å². The summed E-state index contributed by atoms with van der Waals surface area (Å²) in [6.07, 6.45) is 5.57. The summed E-state index contributed by atoms with van der Waals surface area (Å²) >= 11 is 0. The van der Waals surface area contributed by atoms with Gasteiger partial charge in [0.25, 0.3) is 5.91 Å². The van der Waals surface area contributed by atoms with Gasteiger partial charge in [-0.25, -0.2) is 0 Å². The summed E-state index contributed by atoms with van der Waals surface area (Å²) in [5.74, 6) is 0.548. The van der Waals surface area contributed by atoms with Crippen LogP contribution in [-0.4, -0.2) is 49.8 Å². The summed E-state index contributed by atoms with van der Waals surface area (Å²) in [7, 11) is 0. The highest BCUT2D eigenvalue weighted by molar-refractivity contribution is 5.92. The molecule has 2 aromatic rings. The molecule has 3 atom stereocenters. The van der Waals surface area contributed by atoms with Crippen molar-refractivity contribution < 1.29 is 14.1 Å². The van der Waals surface area contributed by atoms with E-state index in [1.54, 1.807) is 13.0 Å². The second kappa shape index (κ2) is 8.24. The van der Waals surface area contributed by atoms with E-state index in [4.69, 9.17) is 4.52 Å². The number of rotatable bonds is 5. The van der Waals surface area contributed by atoms with Gasteiger partial charge in [-0.15, -0.1) is 0 Å². The Morgan fingerprint density at radius 1 is 1.20 bits per heavy atom. The lowest BCUT2D eigenvalue weighted by Gasteiger charge is -2.49. The van der Waals surface area contributed by atoms with Crippen LogP contribution in [0.4, 0.5) is 0 Å². The van der Waals surface area contributed by atoms with Crippen LogP contribution < -0.4 is 5.32 Å². The van der Waals surface area contributed by atoms with E-state index in [1.807, 2.05) is 18.5 Å². The Balaban J connectivity index is 1.43. The highest BCUT2D eigenvalue weighted by atomic mass is 16.5. The number of carbonyl (C=O) groups excluding carboxylic acids is 2. The van der Waals surface area contributed by atoms with E-state index >= 15 is 0 Å². The van der Waals surface area contributed by atoms with E-state index in [9.17, 15) is 9.59 Å². The SMILES string of the molecule is CCc1c(C)nn(CC(=O)N2[C@@H]3CCC[C@H]2CC(NC(=O)c2cc(C)on2)C3)c1C. The van der Waals surface area contributed by atoms with Crippen LogP contribution in [0.5, 0.6) is 0 Å². The van der Waals surface area contributed by atoms with Crippen LogP contribution in [-0.2, 0) is 17.8 Å². The molecule has 4 rings (SSSR count). The summed E-state index contributed by atoms with van der Waals surface area (Å²) in [6, 6.07) is 2.02. The van der Waals surface area contributed by atoms with Gasteiger partial charge in [-0.3, -0.25) is 14.3 Å². The number of carbonyl (C=O) groups is 2. The smallest absolute Gasteiger partial charge is 0.273 e. The minimum absolute atomic E-state index is 0.0502. The van der Waals surface area contributed by atoms with Crippen LogP contribution in [0.3, 0.4) is 0 Å². The number of fused-ring (bicyclic) bond motifs is 2. The molecule has 2 bridgehead atoms. The lowest BCUT2D eigenvalue weighted by Crippen LogP contribution is -2.59. The summed E-state index contributed by atoms with van der Waals surface area (Å²) in [4.78, 5) is 27.8. The highest BCUT2D eigenvalue weighted by Gasteiger charge is 2.41. The third kappa shape index (κ3) is 3.87. The molecule has 2 aliphatic rings. The number of amides is 2. The Hall–Kier alpha value is -2.64. The minimum atomic E-state index is -0.204. The van der Waals surface area contributed by atoms with Gasteiger partial charge >= 0.3 is 0 Å². The van der Waals surface area contributed by atoms with E-state index in [0.717, 1.165) is 49.9 Å². The summed E-state index contributed by atoms with van der Waals surface area (Å²) in [5.41, 5.74) is 3.63. The third-order valence-corrected chi connectivity index (χ3v) is 6.63. The Morgan fingerprint density at radius 2 is 1.90 bits per heavy atom. The predicted molar refractivity (Wildman–Crippen MR) is 111 cm³/mol. The average Bonchev–Trinajstić information content (AvgIpc) is 3.24. The number of aryl methyl sites for hydroxylation is 2. The summed E-state index contributed by atoms with van der Waals surface area (Å²) in [6.45, 7) is 8.22. The number of aromatic nitrogens is 3. The first kappa shape index (κ1) is 20.6. The largest absolute Gasteiger partial charge is 0.361 e. The molecule has 1 unspecified atom stereocenters. The van der Waals surface area contributed by atoms with E-state index in [0.29, 0.717) is 11.5 Å². The van der Waals surface area contributed by atoms with E-state index in [1.165, 1.54) is 5.56 Å². The van der Waals surface area contributed by atoms with Crippen molar-refractivity contribution in [2.24, 2.45) is 0 Å². The van der Waals surface area contributed by atoms with E-state index in [-0.39, 0.29) is 36.5 Å². The van der Waals surface area contributed by atoms with Crippen LogP contribution in [0.25, 0.3) is 0 Å². The maximum absolute atomic E-state index is 13.3. The van der Waals surface area contributed by atoms with Crippen LogP contribution in [0, 0.1) is 20.8 Å². The maximum Gasteiger partial charge on any atom is 0.273 e. The maximum atomic E-state index is 13.3. The first-order valence-electron chi connectivity index (χ1n) is 11.0. The van der Waals surface area contributed by atoms with Crippen molar-refractivity contribution in [3.63, 3.8) is 0 Å². The van der Waals surface area contributed by atoms with Gasteiger partial charge in [-0.1, -0.05) is 12.1 Å². The summed E-state index contributed by atoms with van der Waals surface area (Å²) in [5, 5.41) is 11.5. The molecule has 0 aromatic carbocycles. The number of nitrogens with zero attached hydrogens (tertiary/aromatic N) is 4. The van der Waals surface area contributed by atoms with Crippen molar-refractivity contribution in [2.45, 2.75) is 90.9 Å². The second-order valence-electron chi connectivity index (χ2n) is 8.66. The van der Waals surface area contributed by atoms with Crippen LogP contribution in [0.1, 0.15) is 72.2 Å². The monoisotopic (exact) mass is 413 g/mol. The second-order valence-corrected chi connectivity index (χ2v) is 8.66. The molecule has 30 heavy (non-hydrogen) atoms. The van der Waals surface area contributed by atoms with Gasteiger partial charge in [0.15, 0.2) is 5.69 Å². The number of hydrogen-bond donors (Lipinski definition) is 1. The van der Waals surface area contributed by atoms with Crippen LogP contribution >= 0.6 is 0 Å². The normalized spacial score (nSPS) is 23.5. The third-order valence-electron chi connectivity index (χ3n) is 6.63. The van der Waals surface area contributed by atoms with Gasteiger partial charge < -0.3 is 14.7 Å². The standard InChI is InChI=1S/C22H31N5O3/c1-5-19-14(3)24-26(15(19)4)12-21(28)27-17-7-6-8-18(27)11-16(10-17)23-22(29)20-9-13(2)30-25-20/h9,16-18H,5-8,10-12H2,1-4H3,(H,23,29)/t16?,17-,18+. The van der Waals surface area contributed by atoms with Gasteiger partial charge in [0.05, 0.1) is 5.69 Å². The molecule has 2 aliphatic heterocycles. The molecule has 8 heteroatoms. The molecule has 0 aliphatic carbocycles. The van der Waals surface area contributed by atoms with Crippen molar-refractivity contribution in [2.75, 3.05) is 0 Å². The van der Waals surface area contributed by atoms with Gasteiger partial charge in [0.2, 0.25) is 5.91 Å². The number of hydrogen-bond acceptors (Lipinski definition) is 5. The van der Waals surface area contributed by atoms with E-state index in [2.05, 4.69) is 27.4 Å². The van der Waals surface area contributed by atoms with Gasteiger partial charge in [0, 0.05) is 29.9 Å². The lowest BCUT2D eigenvalue weighted by molar-refractivity contribution is -0.142. The molecule has 0 radical (unpaired) electrons. The molecule has 0 spiro atoms. The van der Waals surface area contributed by atoms with Gasteiger partial charge in [-0.05, 0) is 64.9 Å². The van der Waals surface area contributed by atoms with Crippen LogP contribution in [0.15, 0.2) is 10.6 Å². The minimum Gasteiger partial charge on any atom is -0.361 e. The Morgan fingerprint density at radius 3 is 2.47 bits per heavy atom. The van der Waals surface area contributed by atoms with Crippen molar-refractivity contribution >= 4 is 11.8 Å². The number of piperidine rings is 2. The molecule has 2 fully saturated rings. The molecule has 4 heterocycles. The Labute approximate surface area is 177 Å². The zero-order valence-corrected chi connectivity index (χ0v) is 18.3. The van der Waals surface area contributed by atoms with Crippen molar-refractivity contribution in [3.05, 3.63) is 34.5 Å². The van der Waals surface area contributed by atoms with E-state index < -0.39 is 0 Å². The van der Waals surface area contributed by atoms with Gasteiger partial charge in [-0.2, -0.15) is 5.10 Å². The fourth-order valence-corrected chi connectivity index (χ4v) is 5.25. The molecule has 2 aromatic heterocycles. The molecule has 8 nitrogen and oxygen atoms in total. The molecule has 2 saturated heterocycles. The van der Waals surface area contributed by atoms with Crippen molar-refractivity contribution in [3.8, 4) is 0 Å². The molecule has 1 N–H and O–H groups in total. The quantitative estimate of drug-likeness (QED) is 0.813. The summed E-state index contributed by atoms with van der Waals surface area (Å²) < 4.78 is 6.86. The predicted octanol–water partition coefficient (Wildman–Crippen LogP) is 2.70. The zero-order valence-electron chi connectivity index (χ0n) is 18.3. The fourth-order valence-electron chi connectivity index (χ4n) is 5.25. The Bertz CT molecular complexity index is 933. The molecule has 162 valence electrons. The highest BCUT2D eigenvalue weighted by Crippen LogP contribution is 2.34.